The van der Waals surface area contributed by atoms with Crippen molar-refractivity contribution in [1.29, 1.82) is 0 Å². The molecule has 21 heavy (non-hydrogen) atoms. The number of anilines is 1. The van der Waals surface area contributed by atoms with Crippen molar-refractivity contribution in [3.05, 3.63) is 36.5 Å². The average Bonchev–Trinajstić information content (AvgIpc) is 3.37. The van der Waals surface area contributed by atoms with Crippen molar-refractivity contribution in [2.75, 3.05) is 18.0 Å². The lowest BCUT2D eigenvalue weighted by molar-refractivity contribution is 0.432. The Kier molecular flexibility index (Phi) is 3.52. The molecule has 0 bridgehead atoms. The van der Waals surface area contributed by atoms with Crippen LogP contribution in [0.1, 0.15) is 32.1 Å². The maximum Gasteiger partial charge on any atom is 0.136 e. The molecule has 1 unspecified atom stereocenters. The zero-order chi connectivity index (χ0) is 14.1. The molecule has 2 aliphatic rings. The van der Waals surface area contributed by atoms with Gasteiger partial charge in [-0.2, -0.15) is 0 Å². The molecule has 4 rings (SSSR count). The van der Waals surface area contributed by atoms with Crippen molar-refractivity contribution < 1.29 is 0 Å². The molecule has 2 heterocycles. The van der Waals surface area contributed by atoms with E-state index in [2.05, 4.69) is 40.5 Å². The van der Waals surface area contributed by atoms with Crippen molar-refractivity contribution in [2.24, 2.45) is 0 Å². The molecule has 0 spiro atoms. The number of aromatic nitrogens is 1. The second-order valence-corrected chi connectivity index (χ2v) is 6.38. The van der Waals surface area contributed by atoms with Gasteiger partial charge in [-0.05, 0) is 43.6 Å². The molecule has 1 atom stereocenters. The van der Waals surface area contributed by atoms with Gasteiger partial charge in [0.05, 0.1) is 0 Å². The van der Waals surface area contributed by atoms with Gasteiger partial charge >= 0.3 is 0 Å². The summed E-state index contributed by atoms with van der Waals surface area (Å²) in [6.07, 6.45) is 8.59. The second-order valence-electron chi connectivity index (χ2n) is 6.38. The van der Waals surface area contributed by atoms with Crippen molar-refractivity contribution in [3.8, 4) is 0 Å². The van der Waals surface area contributed by atoms with Gasteiger partial charge in [-0.25, -0.2) is 4.98 Å². The Morgan fingerprint density at radius 3 is 2.90 bits per heavy atom. The van der Waals surface area contributed by atoms with E-state index in [0.29, 0.717) is 6.04 Å². The summed E-state index contributed by atoms with van der Waals surface area (Å²) in [4.78, 5) is 7.26. The van der Waals surface area contributed by atoms with Gasteiger partial charge in [-0.15, -0.1) is 0 Å². The van der Waals surface area contributed by atoms with Crippen LogP contribution in [0.2, 0.25) is 0 Å². The highest BCUT2D eigenvalue weighted by Gasteiger charge is 2.27. The standard InChI is InChI=1S/C18H23N3/c1-2-7-17-14(5-1)10-11-19-18(17)21-12-4-3-6-16(21)13-20-15-8-9-15/h1-2,5,7,10-11,15-16,20H,3-4,6,8-9,12-13H2. The van der Waals surface area contributed by atoms with E-state index in [1.54, 1.807) is 0 Å². The van der Waals surface area contributed by atoms with Crippen LogP contribution < -0.4 is 10.2 Å². The van der Waals surface area contributed by atoms with E-state index in [1.807, 2.05) is 6.20 Å². The van der Waals surface area contributed by atoms with E-state index < -0.39 is 0 Å². The van der Waals surface area contributed by atoms with Crippen molar-refractivity contribution in [1.82, 2.24) is 10.3 Å². The van der Waals surface area contributed by atoms with Crippen LogP contribution in [0.4, 0.5) is 5.82 Å². The maximum absolute atomic E-state index is 4.72. The van der Waals surface area contributed by atoms with E-state index in [-0.39, 0.29) is 0 Å². The number of nitrogens with one attached hydrogen (secondary N) is 1. The van der Waals surface area contributed by atoms with Crippen LogP contribution in [0.15, 0.2) is 36.5 Å². The first-order valence-electron chi connectivity index (χ1n) is 8.25. The van der Waals surface area contributed by atoms with E-state index >= 15 is 0 Å². The molecule has 1 aromatic heterocycles. The van der Waals surface area contributed by atoms with E-state index in [0.717, 1.165) is 19.1 Å². The van der Waals surface area contributed by atoms with Gasteiger partial charge in [0.15, 0.2) is 0 Å². The number of pyridine rings is 1. The lowest BCUT2D eigenvalue weighted by Crippen LogP contribution is -2.46. The number of benzene rings is 1. The van der Waals surface area contributed by atoms with E-state index in [4.69, 9.17) is 4.98 Å². The van der Waals surface area contributed by atoms with Gasteiger partial charge < -0.3 is 10.2 Å². The van der Waals surface area contributed by atoms with E-state index in [1.165, 1.54) is 48.7 Å². The molecule has 2 aromatic rings. The average molecular weight is 281 g/mol. The Hall–Kier alpha value is -1.61. The first-order valence-corrected chi connectivity index (χ1v) is 8.25. The summed E-state index contributed by atoms with van der Waals surface area (Å²) in [5, 5.41) is 6.29. The lowest BCUT2D eigenvalue weighted by atomic mass is 10.0. The molecule has 110 valence electrons. The second kappa shape index (κ2) is 5.64. The largest absolute Gasteiger partial charge is 0.352 e. The summed E-state index contributed by atoms with van der Waals surface area (Å²) >= 11 is 0. The monoisotopic (exact) mass is 281 g/mol. The summed E-state index contributed by atoms with van der Waals surface area (Å²) in [6, 6.07) is 12.1. The van der Waals surface area contributed by atoms with Crippen molar-refractivity contribution in [2.45, 2.75) is 44.2 Å². The predicted octanol–water partition coefficient (Wildman–Crippen LogP) is 3.35. The predicted molar refractivity (Wildman–Crippen MR) is 87.8 cm³/mol. The molecule has 2 fully saturated rings. The third-order valence-electron chi connectivity index (χ3n) is 4.77. The summed E-state index contributed by atoms with van der Waals surface area (Å²) in [6.45, 7) is 2.24. The molecule has 3 heteroatoms. The van der Waals surface area contributed by atoms with Gasteiger partial charge in [0.2, 0.25) is 0 Å². The minimum absolute atomic E-state index is 0.595. The SMILES string of the molecule is c1ccc2c(N3CCCCC3CNC3CC3)nccc2c1. The van der Waals surface area contributed by atoms with Gasteiger partial charge in [0.25, 0.3) is 0 Å². The smallest absolute Gasteiger partial charge is 0.136 e. The van der Waals surface area contributed by atoms with Crippen LogP contribution in [-0.4, -0.2) is 30.2 Å². The minimum Gasteiger partial charge on any atom is -0.352 e. The number of piperidine rings is 1. The Balaban J connectivity index is 1.63. The number of hydrogen-bond acceptors (Lipinski definition) is 3. The minimum atomic E-state index is 0.595. The molecular formula is C18H23N3. The molecule has 1 aliphatic carbocycles. The summed E-state index contributed by atoms with van der Waals surface area (Å²) in [7, 11) is 0. The Morgan fingerprint density at radius 2 is 2.00 bits per heavy atom. The molecule has 1 saturated heterocycles. The third kappa shape index (κ3) is 2.75. The normalized spacial score (nSPS) is 22.7. The Bertz CT molecular complexity index is 615. The number of nitrogens with zero attached hydrogens (tertiary/aromatic N) is 2. The Morgan fingerprint density at radius 1 is 1.10 bits per heavy atom. The highest BCUT2D eigenvalue weighted by molar-refractivity contribution is 5.92. The summed E-state index contributed by atoms with van der Waals surface area (Å²) in [5.41, 5.74) is 0. The molecule has 1 aromatic carbocycles. The summed E-state index contributed by atoms with van der Waals surface area (Å²) in [5.74, 6) is 1.18. The van der Waals surface area contributed by atoms with Crippen LogP contribution >= 0.6 is 0 Å². The molecule has 0 amide bonds. The number of rotatable bonds is 4. The zero-order valence-electron chi connectivity index (χ0n) is 12.5. The number of fused-ring (bicyclic) bond motifs is 1. The molecule has 3 nitrogen and oxygen atoms in total. The third-order valence-corrected chi connectivity index (χ3v) is 4.77. The van der Waals surface area contributed by atoms with Gasteiger partial charge in [0.1, 0.15) is 5.82 Å². The van der Waals surface area contributed by atoms with Gasteiger partial charge in [-0.3, -0.25) is 0 Å². The number of hydrogen-bond donors (Lipinski definition) is 1. The van der Waals surface area contributed by atoms with Crippen LogP contribution in [0.3, 0.4) is 0 Å². The van der Waals surface area contributed by atoms with Crippen molar-refractivity contribution in [3.63, 3.8) is 0 Å². The lowest BCUT2D eigenvalue weighted by Gasteiger charge is -2.37. The molecule has 1 saturated carbocycles. The first kappa shape index (κ1) is 13.1. The molecule has 0 radical (unpaired) electrons. The summed E-state index contributed by atoms with van der Waals surface area (Å²) < 4.78 is 0. The van der Waals surface area contributed by atoms with Crippen molar-refractivity contribution >= 4 is 16.6 Å². The Labute approximate surface area is 126 Å². The van der Waals surface area contributed by atoms with Crippen LogP contribution in [-0.2, 0) is 0 Å². The fraction of sp³-hybridized carbons (Fsp3) is 0.500. The topological polar surface area (TPSA) is 28.2 Å². The quantitative estimate of drug-likeness (QED) is 0.931. The van der Waals surface area contributed by atoms with Crippen LogP contribution in [0.25, 0.3) is 10.8 Å². The molecule has 1 N–H and O–H groups in total. The fourth-order valence-electron chi connectivity index (χ4n) is 3.41. The first-order chi connectivity index (χ1) is 10.4. The van der Waals surface area contributed by atoms with Crippen LogP contribution in [0.5, 0.6) is 0 Å². The van der Waals surface area contributed by atoms with E-state index in [9.17, 15) is 0 Å². The zero-order valence-corrected chi connectivity index (χ0v) is 12.5. The highest BCUT2D eigenvalue weighted by atomic mass is 15.2. The fourth-order valence-corrected chi connectivity index (χ4v) is 3.41. The van der Waals surface area contributed by atoms with Gasteiger partial charge in [-0.1, -0.05) is 24.3 Å². The van der Waals surface area contributed by atoms with Crippen LogP contribution in [0, 0.1) is 0 Å². The van der Waals surface area contributed by atoms with Gasteiger partial charge in [0, 0.05) is 36.8 Å². The molecule has 1 aliphatic heterocycles. The molecular weight excluding hydrogens is 258 g/mol. The maximum atomic E-state index is 4.72. The highest BCUT2D eigenvalue weighted by Crippen LogP contribution is 2.30.